The Morgan fingerprint density at radius 1 is 1.15 bits per heavy atom. The Labute approximate surface area is 197 Å². The van der Waals surface area contributed by atoms with Crippen molar-refractivity contribution in [3.63, 3.8) is 0 Å². The van der Waals surface area contributed by atoms with Gasteiger partial charge in [0.2, 0.25) is 0 Å². The SMILES string of the molecule is CCCCCCCCOC(O)CCc1c(C)[nH]c(/C=C2\N=C(c3ccc[nH]3)C=C2OC)c1C. The molecule has 180 valence electrons. The number of H-pyrrole nitrogens is 2. The molecule has 6 nitrogen and oxygen atoms in total. The van der Waals surface area contributed by atoms with Gasteiger partial charge in [0.15, 0.2) is 6.29 Å². The summed E-state index contributed by atoms with van der Waals surface area (Å²) in [6.45, 7) is 7.03. The maximum atomic E-state index is 10.3. The number of aliphatic hydroxyl groups is 1. The number of hydrogen-bond acceptors (Lipinski definition) is 4. The number of allylic oxidation sites excluding steroid dienone is 1. The van der Waals surface area contributed by atoms with Gasteiger partial charge in [-0.1, -0.05) is 39.0 Å². The molecule has 3 N–H and O–H groups in total. The Bertz CT molecular complexity index is 967. The molecule has 3 rings (SSSR count). The highest BCUT2D eigenvalue weighted by atomic mass is 16.6. The minimum absolute atomic E-state index is 0.587. The number of unbranched alkanes of at least 4 members (excludes halogenated alkanes) is 5. The zero-order chi connectivity index (χ0) is 23.6. The summed E-state index contributed by atoms with van der Waals surface area (Å²) in [6.07, 6.45) is 13.8. The smallest absolute Gasteiger partial charge is 0.154 e. The molecule has 0 radical (unpaired) electrons. The lowest BCUT2D eigenvalue weighted by Gasteiger charge is -2.12. The Kier molecular flexibility index (Phi) is 9.58. The molecule has 0 saturated heterocycles. The molecule has 0 aromatic carbocycles. The van der Waals surface area contributed by atoms with Crippen LogP contribution in [0.25, 0.3) is 6.08 Å². The average molecular weight is 454 g/mol. The fourth-order valence-corrected chi connectivity index (χ4v) is 4.23. The molecule has 2 aromatic rings. The molecule has 2 aromatic heterocycles. The summed E-state index contributed by atoms with van der Waals surface area (Å²) in [5.41, 5.74) is 7.12. The lowest BCUT2D eigenvalue weighted by atomic mass is 10.0. The van der Waals surface area contributed by atoms with Gasteiger partial charge >= 0.3 is 0 Å². The van der Waals surface area contributed by atoms with E-state index in [0.29, 0.717) is 13.0 Å². The second-order valence-electron chi connectivity index (χ2n) is 8.72. The fraction of sp³-hybridized carbons (Fsp3) is 0.519. The first kappa shape index (κ1) is 25.1. The number of aryl methyl sites for hydroxylation is 1. The van der Waals surface area contributed by atoms with Crippen molar-refractivity contribution < 1.29 is 14.6 Å². The summed E-state index contributed by atoms with van der Waals surface area (Å²) < 4.78 is 11.2. The van der Waals surface area contributed by atoms with Crippen LogP contribution in [0.3, 0.4) is 0 Å². The van der Waals surface area contributed by atoms with E-state index in [-0.39, 0.29) is 0 Å². The third-order valence-electron chi connectivity index (χ3n) is 6.22. The summed E-state index contributed by atoms with van der Waals surface area (Å²) in [5.74, 6) is 0.742. The molecule has 33 heavy (non-hydrogen) atoms. The van der Waals surface area contributed by atoms with Crippen LogP contribution >= 0.6 is 0 Å². The molecule has 0 bridgehead atoms. The fourth-order valence-electron chi connectivity index (χ4n) is 4.23. The number of methoxy groups -OCH3 is 1. The number of rotatable bonds is 14. The lowest BCUT2D eigenvalue weighted by molar-refractivity contribution is -0.103. The second kappa shape index (κ2) is 12.6. The Morgan fingerprint density at radius 3 is 2.67 bits per heavy atom. The quantitative estimate of drug-likeness (QED) is 0.244. The number of aromatic amines is 2. The van der Waals surface area contributed by atoms with E-state index in [1.807, 2.05) is 30.5 Å². The van der Waals surface area contributed by atoms with E-state index in [2.05, 4.69) is 30.7 Å². The third-order valence-corrected chi connectivity index (χ3v) is 6.22. The molecule has 0 saturated carbocycles. The minimum Gasteiger partial charge on any atom is -0.494 e. The van der Waals surface area contributed by atoms with Gasteiger partial charge in [-0.2, -0.15) is 0 Å². The van der Waals surface area contributed by atoms with Gasteiger partial charge in [0.25, 0.3) is 0 Å². The van der Waals surface area contributed by atoms with Gasteiger partial charge in [0, 0.05) is 36.7 Å². The van der Waals surface area contributed by atoms with Crippen molar-refractivity contribution in [2.24, 2.45) is 4.99 Å². The summed E-state index contributed by atoms with van der Waals surface area (Å²) in [7, 11) is 1.66. The molecule has 6 heteroatoms. The van der Waals surface area contributed by atoms with Crippen LogP contribution in [0.5, 0.6) is 0 Å². The van der Waals surface area contributed by atoms with Crippen LogP contribution < -0.4 is 0 Å². The van der Waals surface area contributed by atoms with Gasteiger partial charge < -0.3 is 24.5 Å². The first-order valence-corrected chi connectivity index (χ1v) is 12.2. The number of aliphatic imine (C=N–C) groups is 1. The van der Waals surface area contributed by atoms with Crippen LogP contribution in [-0.2, 0) is 15.9 Å². The monoisotopic (exact) mass is 453 g/mol. The number of aliphatic hydroxyl groups excluding tert-OH is 1. The maximum Gasteiger partial charge on any atom is 0.154 e. The van der Waals surface area contributed by atoms with Crippen molar-refractivity contribution >= 4 is 11.8 Å². The zero-order valence-electron chi connectivity index (χ0n) is 20.5. The van der Waals surface area contributed by atoms with Gasteiger partial charge in [0.1, 0.15) is 11.5 Å². The maximum absolute atomic E-state index is 10.3. The van der Waals surface area contributed by atoms with Gasteiger partial charge in [-0.05, 0) is 56.0 Å². The predicted octanol–water partition coefficient (Wildman–Crippen LogP) is 5.96. The summed E-state index contributed by atoms with van der Waals surface area (Å²) in [6, 6.07) is 3.95. The molecule has 0 amide bonds. The molecule has 3 heterocycles. The Balaban J connectivity index is 1.56. The highest BCUT2D eigenvalue weighted by Crippen LogP contribution is 2.28. The summed E-state index contributed by atoms with van der Waals surface area (Å²) >= 11 is 0. The minimum atomic E-state index is -0.720. The van der Waals surface area contributed by atoms with Crippen molar-refractivity contribution in [3.05, 3.63) is 64.1 Å². The standard InChI is InChI=1S/C27H39N3O3/c1-5-6-7-8-9-10-16-33-27(31)14-13-21-19(2)23(29-20(21)3)17-25-26(32-4)18-24(30-25)22-12-11-15-28-22/h11-12,15,17-18,27-29,31H,5-10,13-14,16H2,1-4H3/b25-17-. The summed E-state index contributed by atoms with van der Waals surface area (Å²) in [5, 5.41) is 10.3. The third kappa shape index (κ3) is 6.95. The molecule has 0 spiro atoms. The first-order chi connectivity index (χ1) is 16.0. The van der Waals surface area contributed by atoms with Crippen LogP contribution in [0.4, 0.5) is 0 Å². The molecule has 0 fully saturated rings. The van der Waals surface area contributed by atoms with Crippen molar-refractivity contribution in [1.29, 1.82) is 0 Å². The molecule has 1 aliphatic heterocycles. The van der Waals surface area contributed by atoms with Gasteiger partial charge in [-0.15, -0.1) is 0 Å². The van der Waals surface area contributed by atoms with E-state index < -0.39 is 6.29 Å². The number of nitrogens with zero attached hydrogens (tertiary/aromatic N) is 1. The average Bonchev–Trinajstić information content (AvgIpc) is 3.52. The normalized spacial score (nSPS) is 15.7. The number of hydrogen-bond donors (Lipinski definition) is 3. The van der Waals surface area contributed by atoms with Gasteiger partial charge in [-0.3, -0.25) is 0 Å². The topological polar surface area (TPSA) is 82.6 Å². The second-order valence-corrected chi connectivity index (χ2v) is 8.72. The molecular weight excluding hydrogens is 414 g/mol. The highest BCUT2D eigenvalue weighted by Gasteiger charge is 2.19. The van der Waals surface area contributed by atoms with E-state index in [4.69, 9.17) is 14.5 Å². The largest absolute Gasteiger partial charge is 0.494 e. The van der Waals surface area contributed by atoms with Crippen LogP contribution in [-0.4, -0.2) is 40.8 Å². The van der Waals surface area contributed by atoms with Gasteiger partial charge in [-0.25, -0.2) is 4.99 Å². The van der Waals surface area contributed by atoms with Crippen LogP contribution in [0, 0.1) is 13.8 Å². The van der Waals surface area contributed by atoms with Crippen LogP contribution in [0.1, 0.15) is 80.1 Å². The van der Waals surface area contributed by atoms with E-state index in [1.165, 1.54) is 43.2 Å². The molecule has 0 aliphatic carbocycles. The van der Waals surface area contributed by atoms with E-state index in [0.717, 1.165) is 47.1 Å². The predicted molar refractivity (Wildman–Crippen MR) is 134 cm³/mol. The number of ether oxygens (including phenoxy) is 2. The number of nitrogens with one attached hydrogen (secondary N) is 2. The zero-order valence-corrected chi connectivity index (χ0v) is 20.5. The summed E-state index contributed by atoms with van der Waals surface area (Å²) in [4.78, 5) is 11.4. The molecule has 1 atom stereocenters. The van der Waals surface area contributed by atoms with Crippen LogP contribution in [0.2, 0.25) is 0 Å². The number of aromatic nitrogens is 2. The van der Waals surface area contributed by atoms with Gasteiger partial charge in [0.05, 0.1) is 18.5 Å². The van der Waals surface area contributed by atoms with Crippen molar-refractivity contribution in [3.8, 4) is 0 Å². The lowest BCUT2D eigenvalue weighted by Crippen LogP contribution is -2.14. The highest BCUT2D eigenvalue weighted by molar-refractivity contribution is 6.11. The molecular formula is C27H39N3O3. The Morgan fingerprint density at radius 2 is 1.94 bits per heavy atom. The molecule has 1 unspecified atom stereocenters. The van der Waals surface area contributed by atoms with E-state index in [1.54, 1.807) is 7.11 Å². The van der Waals surface area contributed by atoms with E-state index in [9.17, 15) is 5.11 Å². The van der Waals surface area contributed by atoms with Crippen LogP contribution in [0.15, 0.2) is 40.9 Å². The van der Waals surface area contributed by atoms with Crippen molar-refractivity contribution in [2.75, 3.05) is 13.7 Å². The van der Waals surface area contributed by atoms with E-state index >= 15 is 0 Å². The van der Waals surface area contributed by atoms with Crippen molar-refractivity contribution in [1.82, 2.24) is 9.97 Å². The Hall–Kier alpha value is -2.57. The first-order valence-electron chi connectivity index (χ1n) is 12.2. The van der Waals surface area contributed by atoms with Crippen molar-refractivity contribution in [2.45, 2.75) is 78.4 Å². The molecule has 1 aliphatic rings.